The van der Waals surface area contributed by atoms with Crippen molar-refractivity contribution in [2.75, 3.05) is 13.1 Å². The van der Waals surface area contributed by atoms with E-state index in [0.717, 1.165) is 25.8 Å². The quantitative estimate of drug-likeness (QED) is 0.674. The van der Waals surface area contributed by atoms with Gasteiger partial charge in [-0.2, -0.15) is 0 Å². The molecule has 1 unspecified atom stereocenters. The van der Waals surface area contributed by atoms with Crippen LogP contribution >= 0.6 is 12.2 Å². The highest BCUT2D eigenvalue weighted by Gasteiger charge is 2.30. The Morgan fingerprint density at radius 1 is 1.35 bits per heavy atom. The molecule has 1 rings (SSSR count). The molecule has 1 amide bonds. The van der Waals surface area contributed by atoms with Crippen LogP contribution in [0.25, 0.3) is 0 Å². The molecule has 20 heavy (non-hydrogen) atoms. The van der Waals surface area contributed by atoms with Crippen LogP contribution in [0, 0.1) is 5.92 Å². The predicted octanol–water partition coefficient (Wildman–Crippen LogP) is 2.07. The third kappa shape index (κ3) is 5.75. The highest BCUT2D eigenvalue weighted by atomic mass is 32.1. The molecule has 1 atom stereocenters. The number of carbonyl (C=O) groups is 1. The molecule has 0 radical (unpaired) electrons. The molecule has 116 valence electrons. The minimum Gasteiger partial charge on any atom is -0.392 e. The van der Waals surface area contributed by atoms with Gasteiger partial charge in [0.1, 0.15) is 0 Å². The lowest BCUT2D eigenvalue weighted by Crippen LogP contribution is -2.51. The molecule has 5 heteroatoms. The highest BCUT2D eigenvalue weighted by Crippen LogP contribution is 2.25. The second-order valence-electron chi connectivity index (χ2n) is 6.23. The summed E-state index contributed by atoms with van der Waals surface area (Å²) in [4.78, 5) is 14.9. The average Bonchev–Trinajstić information content (AvgIpc) is 2.87. The first-order chi connectivity index (χ1) is 9.41. The number of amides is 1. The Hall–Kier alpha value is -0.680. The van der Waals surface area contributed by atoms with Gasteiger partial charge in [-0.25, -0.2) is 0 Å². The van der Waals surface area contributed by atoms with Crippen molar-refractivity contribution in [3.8, 4) is 0 Å². The molecule has 0 aromatic heterocycles. The molecule has 0 saturated heterocycles. The fraction of sp³-hybridized carbons (Fsp3) is 0.867. The normalized spacial score (nSPS) is 17.6. The van der Waals surface area contributed by atoms with Crippen LogP contribution in [0.15, 0.2) is 0 Å². The molecule has 1 aliphatic carbocycles. The Balaban J connectivity index is 2.54. The number of nitrogens with one attached hydrogen (secondary N) is 1. The Labute approximate surface area is 128 Å². The summed E-state index contributed by atoms with van der Waals surface area (Å²) in [5, 5.41) is 3.03. The van der Waals surface area contributed by atoms with Crippen molar-refractivity contribution in [3.05, 3.63) is 0 Å². The smallest absolute Gasteiger partial charge is 0.237 e. The molecule has 0 heterocycles. The fourth-order valence-corrected chi connectivity index (χ4v) is 2.93. The van der Waals surface area contributed by atoms with Crippen molar-refractivity contribution in [3.63, 3.8) is 0 Å². The predicted molar refractivity (Wildman–Crippen MR) is 87.7 cm³/mol. The molecule has 0 aromatic carbocycles. The van der Waals surface area contributed by atoms with Crippen molar-refractivity contribution in [2.24, 2.45) is 11.7 Å². The molecule has 0 aromatic rings. The van der Waals surface area contributed by atoms with Gasteiger partial charge in [-0.15, -0.1) is 0 Å². The van der Waals surface area contributed by atoms with Crippen LogP contribution < -0.4 is 11.1 Å². The Morgan fingerprint density at radius 2 is 1.95 bits per heavy atom. The summed E-state index contributed by atoms with van der Waals surface area (Å²) in [6.45, 7) is 7.56. The van der Waals surface area contributed by atoms with Gasteiger partial charge in [0.05, 0.1) is 11.0 Å². The molecular formula is C15H29N3OS. The maximum absolute atomic E-state index is 12.3. The first-order valence-electron chi connectivity index (χ1n) is 7.73. The Bertz CT molecular complexity index is 327. The van der Waals surface area contributed by atoms with E-state index in [9.17, 15) is 4.79 Å². The first kappa shape index (κ1) is 17.4. The molecule has 1 fully saturated rings. The zero-order valence-electron chi connectivity index (χ0n) is 13.0. The first-order valence-corrected chi connectivity index (χ1v) is 8.14. The molecule has 0 aliphatic heterocycles. The van der Waals surface area contributed by atoms with Gasteiger partial charge in [-0.1, -0.05) is 38.9 Å². The van der Waals surface area contributed by atoms with Crippen LogP contribution in [-0.2, 0) is 4.79 Å². The SMILES string of the molecule is CC(C)CCNC(=O)C(C)N(CC(N)=S)C1CCCC1. The third-order valence-electron chi connectivity index (χ3n) is 4.03. The number of nitrogens with zero attached hydrogens (tertiary/aromatic N) is 1. The lowest BCUT2D eigenvalue weighted by molar-refractivity contribution is -0.126. The maximum atomic E-state index is 12.3. The Kier molecular flexibility index (Phi) is 7.45. The molecule has 1 aliphatic rings. The summed E-state index contributed by atoms with van der Waals surface area (Å²) in [7, 11) is 0. The summed E-state index contributed by atoms with van der Waals surface area (Å²) in [5.74, 6) is 0.696. The second kappa shape index (κ2) is 8.57. The number of thiocarbonyl (C=S) groups is 1. The van der Waals surface area contributed by atoms with E-state index < -0.39 is 0 Å². The van der Waals surface area contributed by atoms with Crippen molar-refractivity contribution in [2.45, 2.75) is 65.0 Å². The molecular weight excluding hydrogens is 270 g/mol. The van der Waals surface area contributed by atoms with Crippen LogP contribution in [0.1, 0.15) is 52.9 Å². The minimum atomic E-state index is -0.160. The summed E-state index contributed by atoms with van der Waals surface area (Å²) in [6.07, 6.45) is 5.77. The topological polar surface area (TPSA) is 58.4 Å². The van der Waals surface area contributed by atoms with E-state index in [4.69, 9.17) is 18.0 Å². The summed E-state index contributed by atoms with van der Waals surface area (Å²) in [5.41, 5.74) is 5.70. The van der Waals surface area contributed by atoms with Gasteiger partial charge in [-0.05, 0) is 32.1 Å². The highest BCUT2D eigenvalue weighted by molar-refractivity contribution is 7.80. The van der Waals surface area contributed by atoms with Crippen molar-refractivity contribution in [1.29, 1.82) is 0 Å². The largest absolute Gasteiger partial charge is 0.392 e. The molecule has 0 spiro atoms. The van der Waals surface area contributed by atoms with Gasteiger partial charge in [0.25, 0.3) is 0 Å². The minimum absolute atomic E-state index is 0.0915. The number of hydrogen-bond donors (Lipinski definition) is 2. The Morgan fingerprint density at radius 3 is 2.45 bits per heavy atom. The zero-order chi connectivity index (χ0) is 15.1. The summed E-state index contributed by atoms with van der Waals surface area (Å²) >= 11 is 5.04. The van der Waals surface area contributed by atoms with Crippen LogP contribution in [0.2, 0.25) is 0 Å². The van der Waals surface area contributed by atoms with E-state index >= 15 is 0 Å². The third-order valence-corrected chi connectivity index (χ3v) is 4.16. The van der Waals surface area contributed by atoms with E-state index in [1.807, 2.05) is 6.92 Å². The molecule has 0 bridgehead atoms. The van der Waals surface area contributed by atoms with E-state index in [-0.39, 0.29) is 11.9 Å². The lowest BCUT2D eigenvalue weighted by atomic mass is 10.1. The van der Waals surface area contributed by atoms with E-state index in [1.165, 1.54) is 12.8 Å². The van der Waals surface area contributed by atoms with Crippen LogP contribution in [-0.4, -0.2) is 41.0 Å². The van der Waals surface area contributed by atoms with Crippen molar-refractivity contribution >= 4 is 23.1 Å². The van der Waals surface area contributed by atoms with Crippen LogP contribution in [0.3, 0.4) is 0 Å². The van der Waals surface area contributed by atoms with Gasteiger partial charge in [-0.3, -0.25) is 9.69 Å². The van der Waals surface area contributed by atoms with Gasteiger partial charge in [0.15, 0.2) is 0 Å². The summed E-state index contributed by atoms with van der Waals surface area (Å²) < 4.78 is 0. The fourth-order valence-electron chi connectivity index (χ4n) is 2.78. The van der Waals surface area contributed by atoms with E-state index in [0.29, 0.717) is 23.5 Å². The lowest BCUT2D eigenvalue weighted by Gasteiger charge is -2.33. The number of hydrogen-bond acceptors (Lipinski definition) is 3. The molecule has 1 saturated carbocycles. The van der Waals surface area contributed by atoms with Gasteiger partial charge in [0.2, 0.25) is 5.91 Å². The van der Waals surface area contributed by atoms with E-state index in [2.05, 4.69) is 24.1 Å². The number of nitrogens with two attached hydrogens (primary N) is 1. The van der Waals surface area contributed by atoms with Gasteiger partial charge >= 0.3 is 0 Å². The van der Waals surface area contributed by atoms with Crippen molar-refractivity contribution in [1.82, 2.24) is 10.2 Å². The zero-order valence-corrected chi connectivity index (χ0v) is 13.8. The monoisotopic (exact) mass is 299 g/mol. The van der Waals surface area contributed by atoms with Crippen LogP contribution in [0.5, 0.6) is 0 Å². The second-order valence-corrected chi connectivity index (χ2v) is 6.75. The summed E-state index contributed by atoms with van der Waals surface area (Å²) in [6, 6.07) is 0.286. The maximum Gasteiger partial charge on any atom is 0.237 e. The molecule has 3 N–H and O–H groups in total. The van der Waals surface area contributed by atoms with Crippen LogP contribution in [0.4, 0.5) is 0 Å². The molecule has 4 nitrogen and oxygen atoms in total. The standard InChI is InChI=1S/C15H29N3OS/c1-11(2)8-9-17-15(19)12(3)18(10-14(16)20)13-6-4-5-7-13/h11-13H,4-10H2,1-3H3,(H2,16,20)(H,17,19). The number of rotatable bonds is 8. The van der Waals surface area contributed by atoms with Gasteiger partial charge < -0.3 is 11.1 Å². The van der Waals surface area contributed by atoms with Crippen molar-refractivity contribution < 1.29 is 4.79 Å². The average molecular weight is 299 g/mol. The van der Waals surface area contributed by atoms with E-state index in [1.54, 1.807) is 0 Å². The number of carbonyl (C=O) groups excluding carboxylic acids is 1. The van der Waals surface area contributed by atoms with Gasteiger partial charge in [0, 0.05) is 19.1 Å².